The molecule has 3 aromatic rings. The number of nitrogens with zero attached hydrogens (tertiary/aromatic N) is 4. The molecule has 28 heavy (non-hydrogen) atoms. The third-order valence-corrected chi connectivity index (χ3v) is 4.69. The first-order valence-electron chi connectivity index (χ1n) is 8.64. The number of pyridine rings is 1. The number of hydrogen-bond acceptors (Lipinski definition) is 5. The van der Waals surface area contributed by atoms with E-state index in [-0.39, 0.29) is 12.1 Å². The number of likely N-dealkylation sites (tertiary alicyclic amines) is 1. The van der Waals surface area contributed by atoms with Gasteiger partial charge in [-0.2, -0.15) is 5.10 Å². The predicted molar refractivity (Wildman–Crippen MR) is 101 cm³/mol. The van der Waals surface area contributed by atoms with Gasteiger partial charge in [-0.25, -0.2) is 4.68 Å². The van der Waals surface area contributed by atoms with Crippen LogP contribution in [0.5, 0.6) is 0 Å². The van der Waals surface area contributed by atoms with E-state index in [4.69, 9.17) is 5.73 Å². The van der Waals surface area contributed by atoms with Crippen LogP contribution in [0.15, 0.2) is 42.6 Å². The number of amides is 2. The summed E-state index contributed by atoms with van der Waals surface area (Å²) in [6.07, 6.45) is 1.84. The first-order valence-corrected chi connectivity index (χ1v) is 8.64. The van der Waals surface area contributed by atoms with Gasteiger partial charge in [-0.1, -0.05) is 17.9 Å². The Morgan fingerprint density at radius 1 is 1.32 bits per heavy atom. The average molecular weight is 375 g/mol. The third kappa shape index (κ3) is 2.88. The molecule has 4 rings (SSSR count). The molecule has 0 saturated carbocycles. The Morgan fingerprint density at radius 3 is 2.86 bits per heavy atom. The second-order valence-electron chi connectivity index (χ2n) is 6.63. The summed E-state index contributed by atoms with van der Waals surface area (Å²) in [5.41, 5.74) is 6.14. The lowest BCUT2D eigenvalue weighted by molar-refractivity contribution is -0.137. The van der Waals surface area contributed by atoms with E-state index in [9.17, 15) is 14.7 Å². The summed E-state index contributed by atoms with van der Waals surface area (Å²) in [7, 11) is 1.63. The monoisotopic (exact) mass is 375 g/mol. The van der Waals surface area contributed by atoms with E-state index in [2.05, 4.69) is 21.9 Å². The number of hydrogen-bond donors (Lipinski definition) is 2. The fourth-order valence-corrected chi connectivity index (χ4v) is 3.17. The molecule has 8 heteroatoms. The highest BCUT2D eigenvalue weighted by Crippen LogP contribution is 2.22. The smallest absolute Gasteiger partial charge is 0.271 e. The SMILES string of the molecule is CN1CC[C@@](O)(C#Cc2cccc(-n3nc(C(N)=O)c4ncccc43)c2)C1=O. The van der Waals surface area contributed by atoms with E-state index >= 15 is 0 Å². The molecule has 1 fully saturated rings. The van der Waals surface area contributed by atoms with E-state index in [0.717, 1.165) is 0 Å². The van der Waals surface area contributed by atoms with Gasteiger partial charge in [0.15, 0.2) is 5.69 Å². The topological polar surface area (TPSA) is 114 Å². The van der Waals surface area contributed by atoms with Gasteiger partial charge in [0.1, 0.15) is 5.52 Å². The number of fused-ring (bicyclic) bond motifs is 1. The summed E-state index contributed by atoms with van der Waals surface area (Å²) in [6, 6.07) is 10.6. The second kappa shape index (κ2) is 6.48. The van der Waals surface area contributed by atoms with Crippen molar-refractivity contribution in [3.8, 4) is 17.5 Å². The molecule has 8 nitrogen and oxygen atoms in total. The van der Waals surface area contributed by atoms with Crippen molar-refractivity contribution < 1.29 is 14.7 Å². The van der Waals surface area contributed by atoms with Crippen LogP contribution < -0.4 is 5.73 Å². The second-order valence-corrected chi connectivity index (χ2v) is 6.63. The summed E-state index contributed by atoms with van der Waals surface area (Å²) < 4.78 is 1.57. The molecule has 0 unspecified atom stereocenters. The van der Waals surface area contributed by atoms with Crippen LogP contribution in [0.1, 0.15) is 22.5 Å². The van der Waals surface area contributed by atoms with E-state index in [0.29, 0.717) is 28.8 Å². The summed E-state index contributed by atoms with van der Waals surface area (Å²) in [5.74, 6) is 4.50. The van der Waals surface area contributed by atoms with Crippen LogP contribution in [0.2, 0.25) is 0 Å². The highest BCUT2D eigenvalue weighted by Gasteiger charge is 2.42. The molecule has 1 saturated heterocycles. The molecule has 0 aliphatic carbocycles. The molecule has 0 radical (unpaired) electrons. The van der Waals surface area contributed by atoms with E-state index in [1.807, 2.05) is 0 Å². The van der Waals surface area contributed by atoms with Crippen molar-refractivity contribution in [2.75, 3.05) is 13.6 Å². The first-order chi connectivity index (χ1) is 13.4. The third-order valence-electron chi connectivity index (χ3n) is 4.69. The number of carbonyl (C=O) groups is 2. The Labute approximate surface area is 160 Å². The highest BCUT2D eigenvalue weighted by atomic mass is 16.3. The fraction of sp³-hybridized carbons (Fsp3) is 0.200. The van der Waals surface area contributed by atoms with E-state index in [1.54, 1.807) is 54.3 Å². The number of benzene rings is 1. The average Bonchev–Trinajstić information content (AvgIpc) is 3.21. The molecule has 0 bridgehead atoms. The molecule has 140 valence electrons. The molecular formula is C20H17N5O3. The van der Waals surface area contributed by atoms with Crippen LogP contribution in [0.3, 0.4) is 0 Å². The normalized spacial score (nSPS) is 18.9. The number of likely N-dealkylation sites (N-methyl/N-ethyl adjacent to an activating group) is 1. The molecular weight excluding hydrogens is 358 g/mol. The van der Waals surface area contributed by atoms with Gasteiger partial charge < -0.3 is 15.7 Å². The molecule has 3 heterocycles. The van der Waals surface area contributed by atoms with Crippen molar-refractivity contribution in [3.05, 3.63) is 53.9 Å². The number of carbonyl (C=O) groups excluding carboxylic acids is 2. The maximum absolute atomic E-state index is 12.1. The van der Waals surface area contributed by atoms with Gasteiger partial charge in [0.25, 0.3) is 11.8 Å². The number of rotatable bonds is 2. The molecule has 3 N–H and O–H groups in total. The van der Waals surface area contributed by atoms with Crippen molar-refractivity contribution in [2.24, 2.45) is 5.73 Å². The number of aromatic nitrogens is 3. The van der Waals surface area contributed by atoms with Crippen LogP contribution in [-0.2, 0) is 4.79 Å². The predicted octanol–water partition coefficient (Wildman–Crippen LogP) is 0.464. The Kier molecular flexibility index (Phi) is 4.09. The first kappa shape index (κ1) is 17.7. The zero-order valence-corrected chi connectivity index (χ0v) is 15.1. The fourth-order valence-electron chi connectivity index (χ4n) is 3.17. The Hall–Kier alpha value is -3.70. The molecule has 2 aromatic heterocycles. The summed E-state index contributed by atoms with van der Waals surface area (Å²) in [6.45, 7) is 0.465. The van der Waals surface area contributed by atoms with Crippen molar-refractivity contribution >= 4 is 22.8 Å². The minimum atomic E-state index is -1.66. The van der Waals surface area contributed by atoms with Crippen molar-refractivity contribution in [3.63, 3.8) is 0 Å². The van der Waals surface area contributed by atoms with E-state index < -0.39 is 17.4 Å². The van der Waals surface area contributed by atoms with Gasteiger partial charge in [-0.05, 0) is 30.3 Å². The van der Waals surface area contributed by atoms with Crippen LogP contribution in [-0.4, -0.2) is 55.8 Å². The van der Waals surface area contributed by atoms with Crippen molar-refractivity contribution in [1.29, 1.82) is 0 Å². The van der Waals surface area contributed by atoms with Gasteiger partial charge in [0, 0.05) is 31.8 Å². The largest absolute Gasteiger partial charge is 0.369 e. The van der Waals surface area contributed by atoms with E-state index in [1.165, 1.54) is 4.90 Å². The Morgan fingerprint density at radius 2 is 2.14 bits per heavy atom. The standard InChI is InChI=1S/C20H17N5O3/c1-24-11-9-20(28,19(24)27)8-7-13-4-2-5-14(12-13)25-15-6-3-10-22-16(15)17(23-25)18(21)26/h2-6,10,12,28H,9,11H2,1H3,(H2,21,26)/t20-/m0/s1. The molecule has 0 spiro atoms. The van der Waals surface area contributed by atoms with Crippen molar-refractivity contribution in [2.45, 2.75) is 12.0 Å². The molecule has 1 aliphatic rings. The lowest BCUT2D eigenvalue weighted by Gasteiger charge is -2.13. The number of nitrogens with two attached hydrogens (primary N) is 1. The highest BCUT2D eigenvalue weighted by molar-refractivity contribution is 6.02. The minimum absolute atomic E-state index is 0.0842. The summed E-state index contributed by atoms with van der Waals surface area (Å²) in [5, 5.41) is 14.7. The zero-order valence-electron chi connectivity index (χ0n) is 15.1. The Balaban J connectivity index is 1.76. The molecule has 1 atom stereocenters. The molecule has 1 aromatic carbocycles. The van der Waals surface area contributed by atoms with Gasteiger partial charge in [0.2, 0.25) is 5.60 Å². The van der Waals surface area contributed by atoms with Crippen LogP contribution in [0.4, 0.5) is 0 Å². The van der Waals surface area contributed by atoms with Crippen LogP contribution in [0.25, 0.3) is 16.7 Å². The number of aliphatic hydroxyl groups is 1. The summed E-state index contributed by atoms with van der Waals surface area (Å²) in [4.78, 5) is 29.4. The maximum Gasteiger partial charge on any atom is 0.271 e. The van der Waals surface area contributed by atoms with Crippen LogP contribution >= 0.6 is 0 Å². The van der Waals surface area contributed by atoms with Gasteiger partial charge in [-0.15, -0.1) is 0 Å². The van der Waals surface area contributed by atoms with Crippen molar-refractivity contribution in [1.82, 2.24) is 19.7 Å². The van der Waals surface area contributed by atoms with Gasteiger partial charge in [-0.3, -0.25) is 14.6 Å². The maximum atomic E-state index is 12.1. The zero-order chi connectivity index (χ0) is 19.9. The lowest BCUT2D eigenvalue weighted by atomic mass is 10.0. The lowest BCUT2D eigenvalue weighted by Crippen LogP contribution is -2.37. The quantitative estimate of drug-likeness (QED) is 0.632. The summed E-state index contributed by atoms with van der Waals surface area (Å²) >= 11 is 0. The molecule has 1 aliphatic heterocycles. The molecule has 2 amide bonds. The number of primary amides is 1. The van der Waals surface area contributed by atoms with Crippen LogP contribution in [0, 0.1) is 11.8 Å². The van der Waals surface area contributed by atoms with Gasteiger partial charge in [0.05, 0.1) is 11.2 Å². The Bertz CT molecular complexity index is 1170. The van der Waals surface area contributed by atoms with Gasteiger partial charge >= 0.3 is 0 Å². The minimum Gasteiger partial charge on any atom is -0.369 e.